The van der Waals surface area contributed by atoms with E-state index >= 15 is 0 Å². The van der Waals surface area contributed by atoms with E-state index in [9.17, 15) is 4.79 Å². The van der Waals surface area contributed by atoms with Crippen LogP contribution in [0.1, 0.15) is 16.6 Å². The Bertz CT molecular complexity index is 488. The molecule has 1 aromatic heterocycles. The molecule has 0 fully saturated rings. The van der Waals surface area contributed by atoms with E-state index in [-0.39, 0.29) is 11.9 Å². The average Bonchev–Trinajstić information content (AvgIpc) is 2.79. The minimum Gasteiger partial charge on any atom is -0.350 e. The fourth-order valence-electron chi connectivity index (χ4n) is 1.53. The molecule has 0 spiro atoms. The van der Waals surface area contributed by atoms with Gasteiger partial charge in [0, 0.05) is 17.3 Å². The van der Waals surface area contributed by atoms with E-state index in [2.05, 4.69) is 10.6 Å². The van der Waals surface area contributed by atoms with Crippen LogP contribution in [-0.2, 0) is 0 Å². The molecule has 0 aliphatic rings. The Labute approximate surface area is 105 Å². The Hall–Kier alpha value is -1.39. The highest BCUT2D eigenvalue weighted by molar-refractivity contribution is 7.20. The lowest BCUT2D eigenvalue weighted by Gasteiger charge is -2.10. The van der Waals surface area contributed by atoms with Crippen molar-refractivity contribution in [3.63, 3.8) is 0 Å². The number of amides is 1. The molecular formula is C13H16N2OS. The molecule has 3 nitrogen and oxygen atoms in total. The van der Waals surface area contributed by atoms with Crippen LogP contribution in [0.3, 0.4) is 0 Å². The molecule has 1 amide bonds. The maximum absolute atomic E-state index is 11.9. The van der Waals surface area contributed by atoms with E-state index in [4.69, 9.17) is 0 Å². The summed E-state index contributed by atoms with van der Waals surface area (Å²) in [6.45, 7) is 2.68. The third kappa shape index (κ3) is 2.84. The van der Waals surface area contributed by atoms with Crippen molar-refractivity contribution in [3.05, 3.63) is 35.2 Å². The summed E-state index contributed by atoms with van der Waals surface area (Å²) in [5.41, 5.74) is 0. The Kier molecular flexibility index (Phi) is 3.76. The summed E-state index contributed by atoms with van der Waals surface area (Å²) in [7, 11) is 1.89. The second-order valence-electron chi connectivity index (χ2n) is 4.05. The minimum absolute atomic E-state index is 0.00769. The van der Waals surface area contributed by atoms with E-state index in [1.54, 1.807) is 0 Å². The predicted molar refractivity (Wildman–Crippen MR) is 72.7 cm³/mol. The standard InChI is InChI=1S/C13H16N2OS/c1-9(14-2)8-15-13(16)12-7-10-5-3-4-6-11(10)17-12/h3-7,9,14H,8H2,1-2H3,(H,15,16). The van der Waals surface area contributed by atoms with Crippen LogP contribution in [0.15, 0.2) is 30.3 Å². The fourth-order valence-corrected chi connectivity index (χ4v) is 2.51. The molecule has 0 bridgehead atoms. The first-order valence-electron chi connectivity index (χ1n) is 5.64. The summed E-state index contributed by atoms with van der Waals surface area (Å²) in [6, 6.07) is 10.3. The zero-order chi connectivity index (χ0) is 12.3. The smallest absolute Gasteiger partial charge is 0.261 e. The van der Waals surface area contributed by atoms with E-state index in [0.29, 0.717) is 6.54 Å². The van der Waals surface area contributed by atoms with Crippen LogP contribution < -0.4 is 10.6 Å². The number of nitrogens with one attached hydrogen (secondary N) is 2. The Morgan fingerprint density at radius 1 is 1.41 bits per heavy atom. The molecular weight excluding hydrogens is 232 g/mol. The van der Waals surface area contributed by atoms with E-state index < -0.39 is 0 Å². The molecule has 0 saturated carbocycles. The third-order valence-corrected chi connectivity index (χ3v) is 3.83. The first-order valence-corrected chi connectivity index (χ1v) is 6.46. The molecule has 1 aromatic carbocycles. The van der Waals surface area contributed by atoms with Gasteiger partial charge in [-0.1, -0.05) is 18.2 Å². The molecule has 2 rings (SSSR count). The summed E-state index contributed by atoms with van der Waals surface area (Å²) in [6.07, 6.45) is 0. The lowest BCUT2D eigenvalue weighted by molar-refractivity contribution is 0.0954. The molecule has 1 unspecified atom stereocenters. The van der Waals surface area contributed by atoms with Crippen molar-refractivity contribution in [2.45, 2.75) is 13.0 Å². The highest BCUT2D eigenvalue weighted by atomic mass is 32.1. The van der Waals surface area contributed by atoms with Gasteiger partial charge in [-0.3, -0.25) is 4.79 Å². The molecule has 0 aliphatic heterocycles. The van der Waals surface area contributed by atoms with Gasteiger partial charge >= 0.3 is 0 Å². The number of hydrogen-bond donors (Lipinski definition) is 2. The van der Waals surface area contributed by atoms with Gasteiger partial charge in [0.05, 0.1) is 4.88 Å². The largest absolute Gasteiger partial charge is 0.350 e. The van der Waals surface area contributed by atoms with Crippen molar-refractivity contribution >= 4 is 27.3 Å². The molecule has 1 atom stereocenters. The van der Waals surface area contributed by atoms with Gasteiger partial charge in [-0.15, -0.1) is 11.3 Å². The molecule has 4 heteroatoms. The number of carbonyl (C=O) groups is 1. The molecule has 2 N–H and O–H groups in total. The molecule has 0 aliphatic carbocycles. The molecule has 2 aromatic rings. The number of fused-ring (bicyclic) bond motifs is 1. The van der Waals surface area contributed by atoms with Crippen molar-refractivity contribution in [1.82, 2.24) is 10.6 Å². The highest BCUT2D eigenvalue weighted by Gasteiger charge is 2.10. The maximum Gasteiger partial charge on any atom is 0.261 e. The van der Waals surface area contributed by atoms with Crippen LogP contribution in [0.25, 0.3) is 10.1 Å². The van der Waals surface area contributed by atoms with Gasteiger partial charge in [-0.2, -0.15) is 0 Å². The van der Waals surface area contributed by atoms with Gasteiger partial charge in [0.25, 0.3) is 5.91 Å². The van der Waals surface area contributed by atoms with Gasteiger partial charge in [-0.25, -0.2) is 0 Å². The second-order valence-corrected chi connectivity index (χ2v) is 5.13. The fraction of sp³-hybridized carbons (Fsp3) is 0.308. The minimum atomic E-state index is 0.00769. The molecule has 0 radical (unpaired) electrons. The lowest BCUT2D eigenvalue weighted by Crippen LogP contribution is -2.36. The number of benzene rings is 1. The monoisotopic (exact) mass is 248 g/mol. The van der Waals surface area contributed by atoms with Crippen LogP contribution in [0.4, 0.5) is 0 Å². The van der Waals surface area contributed by atoms with Crippen molar-refractivity contribution in [3.8, 4) is 0 Å². The van der Waals surface area contributed by atoms with Gasteiger partial charge < -0.3 is 10.6 Å². The zero-order valence-electron chi connectivity index (χ0n) is 9.99. The topological polar surface area (TPSA) is 41.1 Å². The van der Waals surface area contributed by atoms with Gasteiger partial charge in [0.15, 0.2) is 0 Å². The summed E-state index contributed by atoms with van der Waals surface area (Å²) in [5, 5.41) is 7.14. The van der Waals surface area contributed by atoms with Gasteiger partial charge in [0.1, 0.15) is 0 Å². The first kappa shape index (κ1) is 12.1. The van der Waals surface area contributed by atoms with Crippen LogP contribution in [0, 0.1) is 0 Å². The molecule has 17 heavy (non-hydrogen) atoms. The Morgan fingerprint density at radius 3 is 2.88 bits per heavy atom. The average molecular weight is 248 g/mol. The van der Waals surface area contributed by atoms with E-state index in [1.807, 2.05) is 44.3 Å². The quantitative estimate of drug-likeness (QED) is 0.871. The predicted octanol–water partition coefficient (Wildman–Crippen LogP) is 2.24. The molecule has 90 valence electrons. The SMILES string of the molecule is CNC(C)CNC(=O)c1cc2ccccc2s1. The van der Waals surface area contributed by atoms with Crippen molar-refractivity contribution < 1.29 is 4.79 Å². The number of likely N-dealkylation sites (N-methyl/N-ethyl adjacent to an activating group) is 1. The number of carbonyl (C=O) groups excluding carboxylic acids is 1. The Morgan fingerprint density at radius 2 is 2.18 bits per heavy atom. The van der Waals surface area contributed by atoms with Crippen LogP contribution >= 0.6 is 11.3 Å². The van der Waals surface area contributed by atoms with Crippen molar-refractivity contribution in [2.75, 3.05) is 13.6 Å². The van der Waals surface area contributed by atoms with Crippen LogP contribution in [0.2, 0.25) is 0 Å². The number of hydrogen-bond acceptors (Lipinski definition) is 3. The van der Waals surface area contributed by atoms with Crippen LogP contribution in [-0.4, -0.2) is 25.5 Å². The Balaban J connectivity index is 2.08. The highest BCUT2D eigenvalue weighted by Crippen LogP contribution is 2.24. The van der Waals surface area contributed by atoms with E-state index in [1.165, 1.54) is 11.3 Å². The van der Waals surface area contributed by atoms with Crippen LogP contribution in [0.5, 0.6) is 0 Å². The van der Waals surface area contributed by atoms with Crippen molar-refractivity contribution in [2.24, 2.45) is 0 Å². The summed E-state index contributed by atoms with van der Waals surface area (Å²) < 4.78 is 1.15. The van der Waals surface area contributed by atoms with Crippen molar-refractivity contribution in [1.29, 1.82) is 0 Å². The maximum atomic E-state index is 11.9. The summed E-state index contributed by atoms with van der Waals surface area (Å²) in [4.78, 5) is 12.7. The number of rotatable bonds is 4. The second kappa shape index (κ2) is 5.29. The van der Waals surface area contributed by atoms with Gasteiger partial charge in [-0.05, 0) is 31.5 Å². The lowest BCUT2D eigenvalue weighted by atomic mass is 10.2. The zero-order valence-corrected chi connectivity index (χ0v) is 10.8. The summed E-state index contributed by atoms with van der Waals surface area (Å²) in [5.74, 6) is 0.00769. The normalized spacial score (nSPS) is 12.6. The first-order chi connectivity index (χ1) is 8.20. The number of thiophene rings is 1. The van der Waals surface area contributed by atoms with E-state index in [0.717, 1.165) is 15.0 Å². The third-order valence-electron chi connectivity index (χ3n) is 2.71. The summed E-state index contributed by atoms with van der Waals surface area (Å²) >= 11 is 1.53. The van der Waals surface area contributed by atoms with Gasteiger partial charge in [0.2, 0.25) is 0 Å². The molecule has 0 saturated heterocycles. The molecule has 1 heterocycles.